The van der Waals surface area contributed by atoms with Crippen LogP contribution in [0.3, 0.4) is 0 Å². The third-order valence-electron chi connectivity index (χ3n) is 14.2. The second-order valence-electron chi connectivity index (χ2n) is 17.1. The van der Waals surface area contributed by atoms with Crippen LogP contribution >= 0.6 is 0 Å². The second-order valence-corrected chi connectivity index (χ2v) is 17.1. The van der Waals surface area contributed by atoms with Crippen LogP contribution in [0.4, 0.5) is 0 Å². The minimum Gasteiger partial charge on any atom is -0.504 e. The molecule has 0 radical (unpaired) electrons. The van der Waals surface area contributed by atoms with Crippen LogP contribution in [0.1, 0.15) is 104 Å². The number of nitriles is 1. The molecule has 276 valence electrons. The van der Waals surface area contributed by atoms with E-state index in [2.05, 4.69) is 51.5 Å². The van der Waals surface area contributed by atoms with E-state index in [0.29, 0.717) is 30.3 Å². The van der Waals surface area contributed by atoms with Gasteiger partial charge in [-0.25, -0.2) is 4.79 Å². The van der Waals surface area contributed by atoms with Gasteiger partial charge >= 0.3 is 11.9 Å². The highest BCUT2D eigenvalue weighted by Crippen LogP contribution is 2.75. The van der Waals surface area contributed by atoms with Crippen molar-refractivity contribution in [2.24, 2.45) is 33.0 Å². The molecule has 0 aliphatic heterocycles. The number of benzene rings is 1. The molecule has 3 saturated carbocycles. The van der Waals surface area contributed by atoms with Crippen molar-refractivity contribution in [3.8, 4) is 11.8 Å². The van der Waals surface area contributed by atoms with Gasteiger partial charge in [0.2, 0.25) is 5.78 Å². The lowest BCUT2D eigenvalue weighted by molar-refractivity contribution is -0.182. The van der Waals surface area contributed by atoms with E-state index in [1.54, 1.807) is 18.2 Å². The third kappa shape index (κ3) is 5.85. The normalized spacial score (nSPS) is 33.9. The van der Waals surface area contributed by atoms with Gasteiger partial charge in [0.1, 0.15) is 17.4 Å². The van der Waals surface area contributed by atoms with E-state index in [-0.39, 0.29) is 51.4 Å². The maximum Gasteiger partial charge on any atom is 0.348 e. The van der Waals surface area contributed by atoms with E-state index in [0.717, 1.165) is 67.2 Å². The predicted molar refractivity (Wildman–Crippen MR) is 199 cm³/mol. The summed E-state index contributed by atoms with van der Waals surface area (Å²) in [5, 5.41) is 19.7. The molecule has 0 amide bonds. The van der Waals surface area contributed by atoms with Gasteiger partial charge in [0.05, 0.1) is 25.7 Å². The van der Waals surface area contributed by atoms with Crippen molar-refractivity contribution in [3.63, 3.8) is 0 Å². The van der Waals surface area contributed by atoms with E-state index >= 15 is 0 Å². The number of aliphatic hydroxyl groups excluding tert-OH is 1. The maximum absolute atomic E-state index is 13.9. The highest BCUT2D eigenvalue weighted by Gasteiger charge is 2.67. The van der Waals surface area contributed by atoms with Crippen molar-refractivity contribution in [1.29, 1.82) is 5.26 Å². The Morgan fingerprint density at radius 1 is 1.00 bits per heavy atom. The van der Waals surface area contributed by atoms with Crippen molar-refractivity contribution in [2.75, 3.05) is 20.3 Å². The fourth-order valence-corrected chi connectivity index (χ4v) is 10.5. The van der Waals surface area contributed by atoms with Crippen LogP contribution in [0.15, 0.2) is 70.1 Å². The summed E-state index contributed by atoms with van der Waals surface area (Å²) in [6.45, 7) is 16.1. The Hall–Kier alpha value is -4.38. The van der Waals surface area contributed by atoms with E-state index < -0.39 is 11.4 Å². The van der Waals surface area contributed by atoms with Gasteiger partial charge in [0.15, 0.2) is 5.76 Å². The summed E-state index contributed by atoms with van der Waals surface area (Å²) >= 11 is 0. The Bertz CT molecular complexity index is 1920. The fraction of sp³-hybridized carbons (Fsp3) is 0.545. The molecule has 52 heavy (non-hydrogen) atoms. The number of ether oxygens (including phenoxy) is 3. The summed E-state index contributed by atoms with van der Waals surface area (Å²) in [6, 6.07) is 7.31. The third-order valence-corrected chi connectivity index (χ3v) is 14.2. The monoisotopic (exact) mass is 707 g/mol. The van der Waals surface area contributed by atoms with Crippen LogP contribution in [0, 0.1) is 51.2 Å². The van der Waals surface area contributed by atoms with Crippen molar-refractivity contribution >= 4 is 23.8 Å². The van der Waals surface area contributed by atoms with Crippen molar-refractivity contribution in [1.82, 2.24) is 0 Å². The van der Waals surface area contributed by atoms with Gasteiger partial charge in [0.25, 0.3) is 0 Å². The Balaban J connectivity index is 1.12. The van der Waals surface area contributed by atoms with Crippen molar-refractivity contribution in [3.05, 3.63) is 81.2 Å². The number of ketones is 1. The highest BCUT2D eigenvalue weighted by molar-refractivity contribution is 6.06. The summed E-state index contributed by atoms with van der Waals surface area (Å²) in [6.07, 6.45) is 14.8. The standard InChI is InChI=1S/C44H53NO7/c1-27-22-31(11-10-29(27)23-30(26-45)38(48)50-8)51-20-9-21-52-39(49)41(4)15-14-40(3)16-18-43(6)35-13-12-32-28(2)37(47)34(46)24-33(32)42(35,5)17-19-44(43,7)36(40)25-41/h10-13,22-24,36,47H,9,14-21,25H2,1-8H3/b30-23+/t36-,40-,41-,42+,43-,44+/m1/s1. The molecule has 1 aromatic carbocycles. The number of fused-ring (bicyclic) bond motifs is 7. The van der Waals surface area contributed by atoms with E-state index in [4.69, 9.17) is 9.47 Å². The number of rotatable bonds is 8. The molecule has 0 unspecified atom stereocenters. The van der Waals surface area contributed by atoms with Gasteiger partial charge in [-0.1, -0.05) is 51.5 Å². The number of methoxy groups -OCH3 is 1. The number of nitrogens with zero attached hydrogens (tertiary/aromatic N) is 1. The topological polar surface area (TPSA) is 123 Å². The molecule has 6 atom stereocenters. The summed E-state index contributed by atoms with van der Waals surface area (Å²) in [7, 11) is 1.24. The van der Waals surface area contributed by atoms with E-state index in [1.165, 1.54) is 18.8 Å². The molecule has 8 heteroatoms. The lowest BCUT2D eigenvalue weighted by Crippen LogP contribution is -2.62. The van der Waals surface area contributed by atoms with Crippen molar-refractivity contribution < 1.29 is 33.7 Å². The number of carbonyl (C=O) groups excluding carboxylic acids is 3. The van der Waals surface area contributed by atoms with Gasteiger partial charge in [0, 0.05) is 17.4 Å². The van der Waals surface area contributed by atoms with Crippen LogP contribution in [0.25, 0.3) is 6.08 Å². The molecule has 0 bridgehead atoms. The summed E-state index contributed by atoms with van der Waals surface area (Å²) in [5.74, 6) is -0.280. The van der Waals surface area contributed by atoms with E-state index in [1.807, 2.05) is 26.0 Å². The molecule has 0 aromatic heterocycles. The van der Waals surface area contributed by atoms with E-state index in [9.17, 15) is 24.8 Å². The summed E-state index contributed by atoms with van der Waals surface area (Å²) < 4.78 is 16.6. The van der Waals surface area contributed by atoms with Gasteiger partial charge in [-0.15, -0.1) is 0 Å². The first-order chi connectivity index (χ1) is 24.5. The number of aliphatic hydroxyl groups is 1. The molecular formula is C44H53NO7. The lowest BCUT2D eigenvalue weighted by atomic mass is 9.34. The fourth-order valence-electron chi connectivity index (χ4n) is 10.5. The molecule has 0 heterocycles. The average molecular weight is 708 g/mol. The smallest absolute Gasteiger partial charge is 0.348 e. The molecule has 5 aliphatic carbocycles. The minimum absolute atomic E-state index is 0.0439. The SMILES string of the molecule is COC(=O)/C(C#N)=C/c1ccc(OCCCOC(=O)[C@]2(C)CC[C@]3(C)CC[C@]4(C)C5=CC=C6C(=CC(=O)C(O)=C6C)[C@]5(C)CC[C@@]4(C)[C@@H]3C2)cc1C. The summed E-state index contributed by atoms with van der Waals surface area (Å²) in [4.78, 5) is 38.5. The van der Waals surface area contributed by atoms with Crippen molar-refractivity contribution in [2.45, 2.75) is 99.8 Å². The quantitative estimate of drug-likeness (QED) is 0.123. The molecule has 1 N–H and O–H groups in total. The van der Waals surface area contributed by atoms with Gasteiger partial charge in [-0.05, 0) is 134 Å². The van der Waals surface area contributed by atoms with Gasteiger partial charge < -0.3 is 19.3 Å². The zero-order valence-corrected chi connectivity index (χ0v) is 32.0. The Morgan fingerprint density at radius 3 is 2.42 bits per heavy atom. The average Bonchev–Trinajstić information content (AvgIpc) is 3.12. The molecule has 6 rings (SSSR count). The Labute approximate surface area is 308 Å². The Kier molecular flexibility index (Phi) is 9.51. The number of hydrogen-bond donors (Lipinski definition) is 1. The predicted octanol–water partition coefficient (Wildman–Crippen LogP) is 9.01. The summed E-state index contributed by atoms with van der Waals surface area (Å²) in [5.41, 5.74) is 4.68. The van der Waals surface area contributed by atoms with Crippen LogP contribution < -0.4 is 4.74 Å². The minimum atomic E-state index is -0.679. The molecule has 0 spiro atoms. The first kappa shape index (κ1) is 37.4. The number of hydrogen-bond acceptors (Lipinski definition) is 8. The molecular weight excluding hydrogens is 654 g/mol. The molecule has 3 fully saturated rings. The first-order valence-corrected chi connectivity index (χ1v) is 18.7. The number of aryl methyl sites for hydroxylation is 1. The van der Waals surface area contributed by atoms with Crippen LogP contribution in [-0.4, -0.2) is 43.2 Å². The highest BCUT2D eigenvalue weighted by atomic mass is 16.5. The van der Waals surface area contributed by atoms with Gasteiger partial charge in [-0.2, -0.15) is 5.26 Å². The first-order valence-electron chi connectivity index (χ1n) is 18.7. The lowest BCUT2D eigenvalue weighted by Gasteiger charge is -2.70. The Morgan fingerprint density at radius 2 is 1.73 bits per heavy atom. The molecule has 1 aromatic rings. The second kappa shape index (κ2) is 13.2. The molecule has 8 nitrogen and oxygen atoms in total. The van der Waals surface area contributed by atoms with Crippen LogP contribution in [0.2, 0.25) is 0 Å². The molecule has 0 saturated heterocycles. The number of carbonyl (C=O) groups is 3. The zero-order valence-electron chi connectivity index (χ0n) is 32.0. The van der Waals surface area contributed by atoms with Crippen LogP contribution in [-0.2, 0) is 23.9 Å². The zero-order chi connectivity index (χ0) is 37.9. The number of allylic oxidation sites excluding steroid dienone is 7. The largest absolute Gasteiger partial charge is 0.504 e. The maximum atomic E-state index is 13.9. The van der Waals surface area contributed by atoms with Gasteiger partial charge in [-0.3, -0.25) is 9.59 Å². The van der Waals surface area contributed by atoms with Crippen LogP contribution in [0.5, 0.6) is 5.75 Å². The molecule has 5 aliphatic rings. The number of esters is 2.